The minimum absolute atomic E-state index is 0.553. The molecule has 2 heterocycles. The number of aromatic nitrogens is 5. The summed E-state index contributed by atoms with van der Waals surface area (Å²) in [6.07, 6.45) is 0. The Labute approximate surface area is 312 Å². The van der Waals surface area contributed by atoms with Crippen molar-refractivity contribution in [3.8, 4) is 85.1 Å². The number of benzene rings is 7. The number of nitrogens with zero attached hydrogens (tertiary/aromatic N) is 6. The molecule has 6 heteroatoms. The molecule has 7 aromatic carbocycles. The SMILES string of the molecule is N#Cc1cccc(-c2ccc(-c3nc(-c4ccccc4)nc(-c4ccccc4)n3)cc2-c2ccccc2-c2nc(-c3ccccc3)nc3ccccc23)c1. The van der Waals surface area contributed by atoms with E-state index in [0.717, 1.165) is 66.7 Å². The number of nitriles is 1. The highest BCUT2D eigenvalue weighted by Gasteiger charge is 2.20. The van der Waals surface area contributed by atoms with Gasteiger partial charge in [-0.2, -0.15) is 5.26 Å². The van der Waals surface area contributed by atoms with Crippen molar-refractivity contribution in [2.75, 3.05) is 0 Å². The minimum atomic E-state index is 0.553. The topological polar surface area (TPSA) is 88.2 Å². The highest BCUT2D eigenvalue weighted by Crippen LogP contribution is 2.42. The quantitative estimate of drug-likeness (QED) is 0.165. The molecule has 0 saturated heterocycles. The van der Waals surface area contributed by atoms with Gasteiger partial charge in [-0.25, -0.2) is 24.9 Å². The Morgan fingerprint density at radius 1 is 0.333 bits per heavy atom. The minimum Gasteiger partial charge on any atom is -0.228 e. The summed E-state index contributed by atoms with van der Waals surface area (Å²) in [6, 6.07) is 62.8. The normalized spacial score (nSPS) is 10.9. The molecule has 0 fully saturated rings. The highest BCUT2D eigenvalue weighted by atomic mass is 15.0. The summed E-state index contributed by atoms with van der Waals surface area (Å²) >= 11 is 0. The van der Waals surface area contributed by atoms with Crippen LogP contribution in [0.5, 0.6) is 0 Å². The van der Waals surface area contributed by atoms with E-state index in [9.17, 15) is 5.26 Å². The van der Waals surface area contributed by atoms with Gasteiger partial charge in [0.1, 0.15) is 0 Å². The first-order valence-corrected chi connectivity index (χ1v) is 17.7. The Bertz CT molecular complexity index is 2770. The van der Waals surface area contributed by atoms with E-state index in [0.29, 0.717) is 28.9 Å². The lowest BCUT2D eigenvalue weighted by atomic mass is 9.88. The van der Waals surface area contributed by atoms with Gasteiger partial charge in [0.15, 0.2) is 23.3 Å². The summed E-state index contributed by atoms with van der Waals surface area (Å²) in [5, 5.41) is 10.8. The molecular formula is C48H30N6. The Kier molecular flexibility index (Phi) is 8.48. The van der Waals surface area contributed by atoms with Crippen LogP contribution in [-0.2, 0) is 0 Å². The Hall–Kier alpha value is -7.62. The molecule has 0 aliphatic heterocycles. The number of rotatable bonds is 7. The van der Waals surface area contributed by atoms with Gasteiger partial charge in [0.05, 0.1) is 22.8 Å². The molecule has 252 valence electrons. The molecule has 0 N–H and O–H groups in total. The van der Waals surface area contributed by atoms with E-state index in [1.165, 1.54) is 0 Å². The summed E-state index contributed by atoms with van der Waals surface area (Å²) in [4.78, 5) is 25.2. The summed E-state index contributed by atoms with van der Waals surface area (Å²) in [7, 11) is 0. The predicted octanol–water partition coefficient (Wildman–Crippen LogP) is 11.4. The molecule has 9 rings (SSSR count). The average molecular weight is 691 g/mol. The van der Waals surface area contributed by atoms with E-state index in [2.05, 4.69) is 36.4 Å². The van der Waals surface area contributed by atoms with E-state index < -0.39 is 0 Å². The van der Waals surface area contributed by atoms with E-state index in [4.69, 9.17) is 24.9 Å². The number of hydrogen-bond acceptors (Lipinski definition) is 6. The van der Waals surface area contributed by atoms with Gasteiger partial charge in [-0.15, -0.1) is 0 Å². The Balaban J connectivity index is 1.30. The Morgan fingerprint density at radius 3 is 1.48 bits per heavy atom. The molecular weight excluding hydrogens is 661 g/mol. The standard InChI is InChI=1S/C48H30N6/c49-31-32-15-14-22-36(29-32)38-28-27-37(48-53-46(34-18-6-2-7-19-34)52-47(54-48)35-20-8-3-9-21-35)30-42(38)39-23-10-11-24-40(39)44-41-25-12-13-26-43(41)50-45(51-44)33-16-4-1-5-17-33/h1-30H. The van der Waals surface area contributed by atoms with Crippen molar-refractivity contribution in [2.24, 2.45) is 0 Å². The zero-order valence-electron chi connectivity index (χ0n) is 29.0. The van der Waals surface area contributed by atoms with E-state index >= 15 is 0 Å². The van der Waals surface area contributed by atoms with E-state index in [1.54, 1.807) is 0 Å². The third kappa shape index (κ3) is 6.27. The van der Waals surface area contributed by atoms with Gasteiger partial charge in [-0.05, 0) is 46.5 Å². The maximum atomic E-state index is 9.85. The summed E-state index contributed by atoms with van der Waals surface area (Å²) in [5.41, 5.74) is 10.6. The molecule has 0 saturated carbocycles. The van der Waals surface area contributed by atoms with Crippen molar-refractivity contribution in [3.63, 3.8) is 0 Å². The van der Waals surface area contributed by atoms with Gasteiger partial charge in [0, 0.05) is 33.2 Å². The maximum absolute atomic E-state index is 9.85. The molecule has 0 aliphatic rings. The first kappa shape index (κ1) is 32.3. The van der Waals surface area contributed by atoms with Gasteiger partial charge < -0.3 is 0 Å². The van der Waals surface area contributed by atoms with Gasteiger partial charge in [-0.3, -0.25) is 0 Å². The van der Waals surface area contributed by atoms with Crippen LogP contribution in [-0.4, -0.2) is 24.9 Å². The zero-order valence-corrected chi connectivity index (χ0v) is 29.0. The maximum Gasteiger partial charge on any atom is 0.164 e. The second kappa shape index (κ2) is 14.2. The number of fused-ring (bicyclic) bond motifs is 1. The van der Waals surface area contributed by atoms with Crippen molar-refractivity contribution in [2.45, 2.75) is 0 Å². The summed E-state index contributed by atoms with van der Waals surface area (Å²) < 4.78 is 0. The smallest absolute Gasteiger partial charge is 0.164 e. The molecule has 0 bridgehead atoms. The van der Waals surface area contributed by atoms with Crippen LogP contribution < -0.4 is 0 Å². The fourth-order valence-electron chi connectivity index (χ4n) is 6.77. The van der Waals surface area contributed by atoms with Crippen LogP contribution in [0.3, 0.4) is 0 Å². The predicted molar refractivity (Wildman–Crippen MR) is 216 cm³/mol. The Morgan fingerprint density at radius 2 is 0.852 bits per heavy atom. The van der Waals surface area contributed by atoms with Crippen LogP contribution in [0.4, 0.5) is 0 Å². The van der Waals surface area contributed by atoms with Crippen LogP contribution in [0.2, 0.25) is 0 Å². The third-order valence-corrected chi connectivity index (χ3v) is 9.39. The summed E-state index contributed by atoms with van der Waals surface area (Å²) in [5.74, 6) is 2.39. The molecule has 0 aliphatic carbocycles. The van der Waals surface area contributed by atoms with E-state index in [1.807, 2.05) is 152 Å². The monoisotopic (exact) mass is 690 g/mol. The first-order valence-electron chi connectivity index (χ1n) is 17.7. The fraction of sp³-hybridized carbons (Fsp3) is 0. The molecule has 0 atom stereocenters. The van der Waals surface area contributed by atoms with Gasteiger partial charge in [0.2, 0.25) is 0 Å². The molecule has 0 spiro atoms. The van der Waals surface area contributed by atoms with Gasteiger partial charge in [0.25, 0.3) is 0 Å². The zero-order chi connectivity index (χ0) is 36.3. The van der Waals surface area contributed by atoms with Crippen molar-refractivity contribution < 1.29 is 0 Å². The second-order valence-electron chi connectivity index (χ2n) is 12.8. The lowest BCUT2D eigenvalue weighted by Gasteiger charge is -2.18. The fourth-order valence-corrected chi connectivity index (χ4v) is 6.77. The van der Waals surface area contributed by atoms with Gasteiger partial charge in [-0.1, -0.05) is 158 Å². The molecule has 2 aromatic heterocycles. The van der Waals surface area contributed by atoms with Crippen molar-refractivity contribution in [3.05, 3.63) is 188 Å². The molecule has 9 aromatic rings. The van der Waals surface area contributed by atoms with Crippen LogP contribution >= 0.6 is 0 Å². The van der Waals surface area contributed by atoms with Crippen molar-refractivity contribution in [1.82, 2.24) is 24.9 Å². The van der Waals surface area contributed by atoms with E-state index in [-0.39, 0.29) is 0 Å². The molecule has 0 unspecified atom stereocenters. The average Bonchev–Trinajstić information content (AvgIpc) is 3.26. The van der Waals surface area contributed by atoms with Crippen LogP contribution in [0.15, 0.2) is 182 Å². The second-order valence-corrected chi connectivity index (χ2v) is 12.8. The van der Waals surface area contributed by atoms with Crippen molar-refractivity contribution in [1.29, 1.82) is 5.26 Å². The highest BCUT2D eigenvalue weighted by molar-refractivity contribution is 6.00. The van der Waals surface area contributed by atoms with Crippen LogP contribution in [0.1, 0.15) is 5.56 Å². The van der Waals surface area contributed by atoms with Crippen LogP contribution in [0, 0.1) is 11.3 Å². The lowest BCUT2D eigenvalue weighted by Crippen LogP contribution is -2.01. The lowest BCUT2D eigenvalue weighted by molar-refractivity contribution is 1.07. The van der Waals surface area contributed by atoms with Gasteiger partial charge >= 0.3 is 0 Å². The molecule has 0 amide bonds. The number of para-hydroxylation sites is 1. The first-order chi connectivity index (χ1) is 26.7. The van der Waals surface area contributed by atoms with Crippen molar-refractivity contribution >= 4 is 10.9 Å². The van der Waals surface area contributed by atoms with Crippen LogP contribution in [0.25, 0.3) is 90.0 Å². The molecule has 0 radical (unpaired) electrons. The molecule has 6 nitrogen and oxygen atoms in total. The molecule has 54 heavy (non-hydrogen) atoms. The largest absolute Gasteiger partial charge is 0.228 e. The number of hydrogen-bond donors (Lipinski definition) is 0. The summed E-state index contributed by atoms with van der Waals surface area (Å²) in [6.45, 7) is 0. The third-order valence-electron chi connectivity index (χ3n) is 9.39.